The van der Waals surface area contributed by atoms with Crippen LogP contribution in [0.4, 0.5) is 5.69 Å². The van der Waals surface area contributed by atoms with E-state index in [1.807, 2.05) is 20.8 Å². The van der Waals surface area contributed by atoms with Gasteiger partial charge in [-0.05, 0) is 69.2 Å². The highest BCUT2D eigenvalue weighted by molar-refractivity contribution is 7.92. The Labute approximate surface area is 263 Å². The normalized spacial score (nSPS) is 12.0. The zero-order chi connectivity index (χ0) is 31.9. The molecule has 0 aliphatic carbocycles. The van der Waals surface area contributed by atoms with Crippen LogP contribution in [0.3, 0.4) is 0 Å². The molecule has 1 N–H and O–H groups in total. The van der Waals surface area contributed by atoms with E-state index < -0.39 is 28.5 Å². The molecule has 1 atom stereocenters. The Morgan fingerprint density at radius 3 is 2.16 bits per heavy atom. The van der Waals surface area contributed by atoms with Crippen molar-refractivity contribution in [1.82, 2.24) is 10.2 Å². The molecule has 12 heteroatoms. The van der Waals surface area contributed by atoms with Crippen molar-refractivity contribution in [1.29, 1.82) is 0 Å². The van der Waals surface area contributed by atoms with Crippen LogP contribution < -0.4 is 19.1 Å². The SMILES string of the molecule is CC[C@H](C(=O)NC(C)C)N(Cc1ccc(Cl)c(Cl)c1)C(=O)CN(c1cc(OC)ccc1OC)S(=O)(=O)c1ccc(C)cc1. The van der Waals surface area contributed by atoms with Gasteiger partial charge in [0, 0.05) is 18.7 Å². The smallest absolute Gasteiger partial charge is 0.264 e. The summed E-state index contributed by atoms with van der Waals surface area (Å²) >= 11 is 12.4. The number of nitrogens with one attached hydrogen (secondary N) is 1. The highest BCUT2D eigenvalue weighted by atomic mass is 35.5. The Kier molecular flexibility index (Phi) is 11.7. The van der Waals surface area contributed by atoms with Gasteiger partial charge in [-0.25, -0.2) is 8.42 Å². The lowest BCUT2D eigenvalue weighted by Gasteiger charge is -2.34. The second-order valence-electron chi connectivity index (χ2n) is 10.2. The predicted molar refractivity (Wildman–Crippen MR) is 170 cm³/mol. The number of hydrogen-bond acceptors (Lipinski definition) is 6. The lowest BCUT2D eigenvalue weighted by atomic mass is 10.1. The third-order valence-corrected chi connectivity index (χ3v) is 9.21. The fourth-order valence-corrected chi connectivity index (χ4v) is 6.21. The summed E-state index contributed by atoms with van der Waals surface area (Å²) in [6.45, 7) is 6.61. The molecule has 0 aliphatic heterocycles. The Morgan fingerprint density at radius 1 is 0.930 bits per heavy atom. The number of aryl methyl sites for hydroxylation is 1. The average molecular weight is 651 g/mol. The van der Waals surface area contributed by atoms with E-state index in [-0.39, 0.29) is 46.3 Å². The van der Waals surface area contributed by atoms with Crippen molar-refractivity contribution in [3.05, 3.63) is 81.8 Å². The summed E-state index contributed by atoms with van der Waals surface area (Å²) in [5, 5.41) is 3.50. The first-order chi connectivity index (χ1) is 20.3. The number of amides is 2. The fraction of sp³-hybridized carbons (Fsp3) is 0.355. The number of carbonyl (C=O) groups excluding carboxylic acids is 2. The van der Waals surface area contributed by atoms with Crippen LogP contribution >= 0.6 is 23.2 Å². The Morgan fingerprint density at radius 2 is 1.60 bits per heavy atom. The molecule has 3 aromatic rings. The monoisotopic (exact) mass is 649 g/mol. The number of benzene rings is 3. The molecule has 43 heavy (non-hydrogen) atoms. The van der Waals surface area contributed by atoms with Gasteiger partial charge in [0.05, 0.1) is 34.8 Å². The molecule has 0 aliphatic rings. The van der Waals surface area contributed by atoms with Crippen LogP contribution in [0.5, 0.6) is 11.5 Å². The second-order valence-corrected chi connectivity index (χ2v) is 12.9. The van der Waals surface area contributed by atoms with Gasteiger partial charge < -0.3 is 19.7 Å². The molecule has 0 fully saturated rings. The predicted octanol–water partition coefficient (Wildman–Crippen LogP) is 5.85. The maximum Gasteiger partial charge on any atom is 0.264 e. The van der Waals surface area contributed by atoms with Crippen molar-refractivity contribution in [3.8, 4) is 11.5 Å². The fourth-order valence-electron chi connectivity index (χ4n) is 4.48. The maximum atomic E-state index is 14.3. The number of methoxy groups -OCH3 is 2. The van der Waals surface area contributed by atoms with E-state index >= 15 is 0 Å². The molecule has 2 amide bonds. The molecule has 3 aromatic carbocycles. The number of hydrogen-bond donors (Lipinski definition) is 1. The van der Waals surface area contributed by atoms with Crippen molar-refractivity contribution >= 4 is 50.7 Å². The van der Waals surface area contributed by atoms with E-state index in [9.17, 15) is 18.0 Å². The van der Waals surface area contributed by atoms with E-state index in [4.69, 9.17) is 32.7 Å². The minimum Gasteiger partial charge on any atom is -0.497 e. The molecular formula is C31H37Cl2N3O6S. The third-order valence-electron chi connectivity index (χ3n) is 6.70. The zero-order valence-corrected chi connectivity index (χ0v) is 27.4. The molecule has 0 spiro atoms. The highest BCUT2D eigenvalue weighted by Crippen LogP contribution is 2.36. The van der Waals surface area contributed by atoms with Gasteiger partial charge in [0.1, 0.15) is 24.1 Å². The summed E-state index contributed by atoms with van der Waals surface area (Å²) in [6.07, 6.45) is 0.277. The van der Waals surface area contributed by atoms with Crippen LogP contribution in [0, 0.1) is 6.92 Å². The van der Waals surface area contributed by atoms with Crippen LogP contribution in [-0.2, 0) is 26.2 Å². The molecule has 9 nitrogen and oxygen atoms in total. The molecule has 0 radical (unpaired) electrons. The Bertz CT molecular complexity index is 1550. The standard InChI is InChI=1S/C31H37Cl2N3O6S/c1-7-27(31(38)34-20(2)3)35(18-22-10-14-25(32)26(33)16-22)30(37)19-36(28-17-23(41-5)11-15-29(28)42-6)43(39,40)24-12-8-21(4)9-13-24/h8-17,20,27H,7,18-19H2,1-6H3,(H,34,38)/t27-/m1/s1. The van der Waals surface area contributed by atoms with E-state index in [0.29, 0.717) is 16.3 Å². The highest BCUT2D eigenvalue weighted by Gasteiger charge is 2.35. The maximum absolute atomic E-state index is 14.3. The van der Waals surface area contributed by atoms with Crippen LogP contribution in [0.15, 0.2) is 65.6 Å². The van der Waals surface area contributed by atoms with E-state index in [1.54, 1.807) is 49.4 Å². The summed E-state index contributed by atoms with van der Waals surface area (Å²) in [7, 11) is -1.44. The molecule has 0 saturated carbocycles. The summed E-state index contributed by atoms with van der Waals surface area (Å²) in [5.74, 6) is -0.400. The van der Waals surface area contributed by atoms with Crippen molar-refractivity contribution in [2.75, 3.05) is 25.1 Å². The lowest BCUT2D eigenvalue weighted by Crippen LogP contribution is -2.53. The molecule has 0 aromatic heterocycles. The van der Waals surface area contributed by atoms with E-state index in [0.717, 1.165) is 9.87 Å². The third kappa shape index (κ3) is 8.34. The number of sulfonamides is 1. The quantitative estimate of drug-likeness (QED) is 0.249. The van der Waals surface area contributed by atoms with Crippen LogP contribution in [-0.4, -0.2) is 58.0 Å². The second kappa shape index (κ2) is 14.8. The van der Waals surface area contributed by atoms with Gasteiger partial charge in [-0.1, -0.05) is 53.9 Å². The van der Waals surface area contributed by atoms with Gasteiger partial charge in [-0.3, -0.25) is 13.9 Å². The van der Waals surface area contributed by atoms with E-state index in [1.165, 1.54) is 37.3 Å². The number of anilines is 1. The first-order valence-corrected chi connectivity index (χ1v) is 15.9. The van der Waals surface area contributed by atoms with Gasteiger partial charge in [-0.15, -0.1) is 0 Å². The molecule has 0 heterocycles. The summed E-state index contributed by atoms with van der Waals surface area (Å²) in [6, 6.07) is 14.8. The number of nitrogens with zero attached hydrogens (tertiary/aromatic N) is 2. The van der Waals surface area contributed by atoms with E-state index in [2.05, 4.69) is 5.32 Å². The first kappa shape index (κ1) is 34.0. The number of halogens is 2. The van der Waals surface area contributed by atoms with Crippen LogP contribution in [0.2, 0.25) is 10.0 Å². The molecule has 0 unspecified atom stereocenters. The Hall–Kier alpha value is -3.47. The van der Waals surface area contributed by atoms with Crippen molar-refractivity contribution in [2.45, 2.75) is 57.6 Å². The molecule has 0 saturated heterocycles. The summed E-state index contributed by atoms with van der Waals surface area (Å²) in [5.41, 5.74) is 1.59. The van der Waals surface area contributed by atoms with Crippen LogP contribution in [0.1, 0.15) is 38.3 Å². The first-order valence-electron chi connectivity index (χ1n) is 13.7. The van der Waals surface area contributed by atoms with Gasteiger partial charge in [0.2, 0.25) is 11.8 Å². The topological polar surface area (TPSA) is 105 Å². The number of carbonyl (C=O) groups is 2. The van der Waals surface area contributed by atoms with Gasteiger partial charge in [-0.2, -0.15) is 0 Å². The largest absolute Gasteiger partial charge is 0.497 e. The molecular weight excluding hydrogens is 613 g/mol. The van der Waals surface area contributed by atoms with Gasteiger partial charge in [0.25, 0.3) is 10.0 Å². The lowest BCUT2D eigenvalue weighted by molar-refractivity contribution is -0.140. The minimum atomic E-state index is -4.30. The molecule has 232 valence electrons. The summed E-state index contributed by atoms with van der Waals surface area (Å²) < 4.78 is 40.2. The minimum absolute atomic E-state index is 0.0172. The van der Waals surface area contributed by atoms with Gasteiger partial charge in [0.15, 0.2) is 0 Å². The van der Waals surface area contributed by atoms with Gasteiger partial charge >= 0.3 is 0 Å². The number of rotatable bonds is 13. The van der Waals surface area contributed by atoms with Crippen molar-refractivity contribution < 1.29 is 27.5 Å². The molecule has 3 rings (SSSR count). The molecule has 0 bridgehead atoms. The summed E-state index contributed by atoms with van der Waals surface area (Å²) in [4.78, 5) is 28.9. The van der Waals surface area contributed by atoms with Crippen molar-refractivity contribution in [3.63, 3.8) is 0 Å². The average Bonchev–Trinajstić information content (AvgIpc) is 2.96. The number of ether oxygens (including phenoxy) is 2. The Balaban J connectivity index is 2.17. The van der Waals surface area contributed by atoms with Crippen LogP contribution in [0.25, 0.3) is 0 Å². The zero-order valence-electron chi connectivity index (χ0n) is 25.1. The van der Waals surface area contributed by atoms with Crippen molar-refractivity contribution in [2.24, 2.45) is 0 Å².